The van der Waals surface area contributed by atoms with Crippen LogP contribution >= 0.6 is 0 Å². The van der Waals surface area contributed by atoms with Gasteiger partial charge in [0.25, 0.3) is 0 Å². The molecule has 2 atom stereocenters. The zero-order valence-corrected chi connectivity index (χ0v) is 13.9. The fourth-order valence-corrected chi connectivity index (χ4v) is 2.66. The van der Waals surface area contributed by atoms with Crippen molar-refractivity contribution >= 4 is 0 Å². The lowest BCUT2D eigenvalue weighted by atomic mass is 9.96. The molecule has 0 heterocycles. The summed E-state index contributed by atoms with van der Waals surface area (Å²) >= 11 is 0. The molecule has 0 saturated heterocycles. The molecule has 0 radical (unpaired) electrons. The topological polar surface area (TPSA) is 38.7 Å². The molecule has 116 valence electrons. The number of rotatable bonds is 11. The van der Waals surface area contributed by atoms with Crippen molar-refractivity contribution in [2.75, 3.05) is 46.9 Å². The van der Waals surface area contributed by atoms with E-state index in [-0.39, 0.29) is 12.1 Å². The van der Waals surface area contributed by atoms with Crippen molar-refractivity contribution in [1.29, 1.82) is 0 Å². The molecule has 0 saturated carbocycles. The van der Waals surface area contributed by atoms with Crippen molar-refractivity contribution in [1.82, 2.24) is 15.1 Å². The zero-order valence-electron chi connectivity index (χ0n) is 13.9. The highest BCUT2D eigenvalue weighted by molar-refractivity contribution is 4.82. The minimum Gasteiger partial charge on any atom is -0.394 e. The monoisotopic (exact) mass is 273 g/mol. The summed E-state index contributed by atoms with van der Waals surface area (Å²) in [6, 6.07) is 0.583. The van der Waals surface area contributed by atoms with Gasteiger partial charge in [-0.1, -0.05) is 13.8 Å². The first-order valence-corrected chi connectivity index (χ1v) is 7.63. The summed E-state index contributed by atoms with van der Waals surface area (Å²) in [5, 5.41) is 12.9. The summed E-state index contributed by atoms with van der Waals surface area (Å²) < 4.78 is 0. The Labute approximate surface area is 120 Å². The number of nitrogens with zero attached hydrogens (tertiary/aromatic N) is 2. The molecule has 0 rings (SSSR count). The van der Waals surface area contributed by atoms with Crippen LogP contribution < -0.4 is 5.32 Å². The van der Waals surface area contributed by atoms with Gasteiger partial charge in [0.1, 0.15) is 0 Å². The van der Waals surface area contributed by atoms with Crippen LogP contribution in [0.2, 0.25) is 0 Å². The van der Waals surface area contributed by atoms with Gasteiger partial charge >= 0.3 is 0 Å². The highest BCUT2D eigenvalue weighted by Crippen LogP contribution is 2.13. The smallest absolute Gasteiger partial charge is 0.0610 e. The lowest BCUT2D eigenvalue weighted by Gasteiger charge is -2.32. The molecule has 0 spiro atoms. The Balaban J connectivity index is 4.13. The number of hydrogen-bond acceptors (Lipinski definition) is 4. The third-order valence-electron chi connectivity index (χ3n) is 3.79. The van der Waals surface area contributed by atoms with Crippen molar-refractivity contribution in [2.24, 2.45) is 0 Å². The SMILES string of the molecule is CCNC(C)(CO)CCCN(CC)C(C)CN(C)C. The molecule has 0 aliphatic rings. The largest absolute Gasteiger partial charge is 0.394 e. The predicted molar refractivity (Wildman–Crippen MR) is 83.7 cm³/mol. The quantitative estimate of drug-likeness (QED) is 0.597. The molecular formula is C15H35N3O. The van der Waals surface area contributed by atoms with Gasteiger partial charge in [0.05, 0.1) is 6.61 Å². The Bertz CT molecular complexity index is 223. The van der Waals surface area contributed by atoms with Gasteiger partial charge in [-0.2, -0.15) is 0 Å². The fraction of sp³-hybridized carbons (Fsp3) is 1.00. The van der Waals surface area contributed by atoms with Gasteiger partial charge in [-0.25, -0.2) is 0 Å². The van der Waals surface area contributed by atoms with Crippen LogP contribution in [0.5, 0.6) is 0 Å². The third-order valence-corrected chi connectivity index (χ3v) is 3.79. The van der Waals surface area contributed by atoms with E-state index in [0.29, 0.717) is 6.04 Å². The molecule has 0 bridgehead atoms. The Morgan fingerprint density at radius 1 is 1.26 bits per heavy atom. The molecule has 0 aromatic rings. The van der Waals surface area contributed by atoms with E-state index in [1.165, 1.54) is 0 Å². The molecular weight excluding hydrogens is 238 g/mol. The number of likely N-dealkylation sites (N-methyl/N-ethyl adjacent to an activating group) is 3. The van der Waals surface area contributed by atoms with E-state index < -0.39 is 0 Å². The van der Waals surface area contributed by atoms with Crippen LogP contribution in [0.1, 0.15) is 40.5 Å². The lowest BCUT2D eigenvalue weighted by molar-refractivity contribution is 0.144. The van der Waals surface area contributed by atoms with E-state index in [1.54, 1.807) is 0 Å². The number of aliphatic hydroxyl groups excluding tert-OH is 1. The van der Waals surface area contributed by atoms with E-state index in [4.69, 9.17) is 0 Å². The van der Waals surface area contributed by atoms with Crippen LogP contribution in [0.25, 0.3) is 0 Å². The zero-order chi connectivity index (χ0) is 14.9. The molecule has 4 heteroatoms. The summed E-state index contributed by atoms with van der Waals surface area (Å²) in [6.45, 7) is 13.1. The number of hydrogen-bond donors (Lipinski definition) is 2. The van der Waals surface area contributed by atoms with Crippen LogP contribution in [0.4, 0.5) is 0 Å². The molecule has 4 nitrogen and oxygen atoms in total. The van der Waals surface area contributed by atoms with E-state index in [0.717, 1.165) is 39.0 Å². The summed E-state index contributed by atoms with van der Waals surface area (Å²) in [6.07, 6.45) is 2.14. The van der Waals surface area contributed by atoms with Crippen molar-refractivity contribution in [3.63, 3.8) is 0 Å². The number of nitrogens with one attached hydrogen (secondary N) is 1. The maximum absolute atomic E-state index is 9.48. The van der Waals surface area contributed by atoms with Gasteiger partial charge in [0.15, 0.2) is 0 Å². The Morgan fingerprint density at radius 2 is 1.89 bits per heavy atom. The molecule has 0 aromatic heterocycles. The minimum absolute atomic E-state index is 0.126. The summed E-state index contributed by atoms with van der Waals surface area (Å²) in [4.78, 5) is 4.76. The molecule has 0 aromatic carbocycles. The van der Waals surface area contributed by atoms with Crippen molar-refractivity contribution < 1.29 is 5.11 Å². The van der Waals surface area contributed by atoms with Gasteiger partial charge in [0, 0.05) is 18.1 Å². The Hall–Kier alpha value is -0.160. The van der Waals surface area contributed by atoms with Gasteiger partial charge in [0.2, 0.25) is 0 Å². The maximum atomic E-state index is 9.48. The number of aliphatic hydroxyl groups is 1. The van der Waals surface area contributed by atoms with E-state index in [2.05, 4.69) is 56.9 Å². The lowest BCUT2D eigenvalue weighted by Crippen LogP contribution is -2.46. The van der Waals surface area contributed by atoms with Crippen LogP contribution in [0.15, 0.2) is 0 Å². The normalized spacial score (nSPS) is 16.9. The van der Waals surface area contributed by atoms with E-state index >= 15 is 0 Å². The molecule has 0 amide bonds. The third kappa shape index (κ3) is 7.88. The highest BCUT2D eigenvalue weighted by Gasteiger charge is 2.22. The molecule has 0 aliphatic heterocycles. The van der Waals surface area contributed by atoms with Crippen molar-refractivity contribution in [3.05, 3.63) is 0 Å². The second-order valence-electron chi connectivity index (χ2n) is 6.09. The van der Waals surface area contributed by atoms with Gasteiger partial charge in [-0.3, -0.25) is 4.90 Å². The van der Waals surface area contributed by atoms with Crippen molar-refractivity contribution in [3.8, 4) is 0 Å². The molecule has 0 fully saturated rings. The molecule has 0 aliphatic carbocycles. The molecule has 2 N–H and O–H groups in total. The standard InChI is InChI=1S/C15H35N3O/c1-7-16-15(4,13-19)10-9-11-18(8-2)14(3)12-17(5)6/h14,16,19H,7-13H2,1-6H3. The van der Waals surface area contributed by atoms with Gasteiger partial charge < -0.3 is 15.3 Å². The fourth-order valence-electron chi connectivity index (χ4n) is 2.66. The van der Waals surface area contributed by atoms with Gasteiger partial charge in [-0.15, -0.1) is 0 Å². The van der Waals surface area contributed by atoms with Crippen LogP contribution in [0.3, 0.4) is 0 Å². The summed E-state index contributed by atoms with van der Waals surface area (Å²) in [5.74, 6) is 0. The first kappa shape index (κ1) is 18.8. The second-order valence-corrected chi connectivity index (χ2v) is 6.09. The van der Waals surface area contributed by atoms with Crippen LogP contribution in [0, 0.1) is 0 Å². The maximum Gasteiger partial charge on any atom is 0.0610 e. The van der Waals surface area contributed by atoms with Crippen LogP contribution in [-0.4, -0.2) is 73.4 Å². The first-order valence-electron chi connectivity index (χ1n) is 7.63. The Morgan fingerprint density at radius 3 is 2.32 bits per heavy atom. The second kappa shape index (κ2) is 9.70. The average Bonchev–Trinajstić information content (AvgIpc) is 2.34. The summed E-state index contributed by atoms with van der Waals surface area (Å²) in [5.41, 5.74) is -0.126. The van der Waals surface area contributed by atoms with Crippen molar-refractivity contribution in [2.45, 2.75) is 52.1 Å². The average molecular weight is 273 g/mol. The highest BCUT2D eigenvalue weighted by atomic mass is 16.3. The van der Waals surface area contributed by atoms with Gasteiger partial charge in [-0.05, 0) is 60.4 Å². The van der Waals surface area contributed by atoms with E-state index in [9.17, 15) is 5.11 Å². The minimum atomic E-state index is -0.126. The van der Waals surface area contributed by atoms with E-state index in [1.807, 2.05) is 0 Å². The van der Waals surface area contributed by atoms with Crippen LogP contribution in [-0.2, 0) is 0 Å². The summed E-state index contributed by atoms with van der Waals surface area (Å²) in [7, 11) is 4.25. The molecule has 19 heavy (non-hydrogen) atoms. The molecule has 2 unspecified atom stereocenters. The first-order chi connectivity index (χ1) is 8.88. The Kier molecular flexibility index (Phi) is 9.62. The predicted octanol–water partition coefficient (Wildman–Crippen LogP) is 1.40.